The predicted octanol–water partition coefficient (Wildman–Crippen LogP) is 3.51. The van der Waals surface area contributed by atoms with Crippen LogP contribution in [-0.2, 0) is 4.79 Å². The minimum atomic E-state index is -0.415. The molecule has 0 aliphatic carbocycles. The Balaban J connectivity index is 2.07. The van der Waals surface area contributed by atoms with E-state index in [2.05, 4.69) is 10.3 Å². The maximum Gasteiger partial charge on any atom is 0.321 e. The number of hydrogen-bond acceptors (Lipinski definition) is 3. The Morgan fingerprint density at radius 3 is 2.57 bits per heavy atom. The molecule has 1 aliphatic rings. The number of amides is 3. The van der Waals surface area contributed by atoms with Gasteiger partial charge in [0.25, 0.3) is 0 Å². The summed E-state index contributed by atoms with van der Waals surface area (Å²) in [6, 6.07) is 11.3. The molecule has 0 saturated carbocycles. The topological polar surface area (TPSA) is 65.0 Å². The lowest BCUT2D eigenvalue weighted by atomic mass is 9.99. The van der Waals surface area contributed by atoms with Crippen molar-refractivity contribution in [3.8, 4) is 0 Å². The number of likely N-dealkylation sites (N-methyl/N-ethyl adjacent to an activating group) is 1. The summed E-state index contributed by atoms with van der Waals surface area (Å²) in [6.45, 7) is 4.92. The number of nitrogens with zero attached hydrogens (tertiary/aromatic N) is 3. The van der Waals surface area contributed by atoms with Gasteiger partial charge in [-0.2, -0.15) is 0 Å². The molecule has 6 nitrogen and oxygen atoms in total. The first-order valence-corrected chi connectivity index (χ1v) is 9.22. The van der Waals surface area contributed by atoms with Crippen LogP contribution in [0.5, 0.6) is 0 Å². The van der Waals surface area contributed by atoms with E-state index in [4.69, 9.17) is 0 Å². The van der Waals surface area contributed by atoms with Crippen LogP contribution in [0.4, 0.5) is 20.6 Å². The number of rotatable bonds is 4. The van der Waals surface area contributed by atoms with Crippen LogP contribution in [-0.4, -0.2) is 49.2 Å². The number of benzodiazepines with no additional fused rings is 1. The zero-order valence-corrected chi connectivity index (χ0v) is 16.2. The Morgan fingerprint density at radius 2 is 1.89 bits per heavy atom. The Morgan fingerprint density at radius 1 is 1.18 bits per heavy atom. The van der Waals surface area contributed by atoms with Gasteiger partial charge in [-0.05, 0) is 44.2 Å². The fourth-order valence-corrected chi connectivity index (χ4v) is 3.17. The van der Waals surface area contributed by atoms with Gasteiger partial charge < -0.3 is 15.1 Å². The smallest absolute Gasteiger partial charge is 0.321 e. The van der Waals surface area contributed by atoms with E-state index in [1.807, 2.05) is 13.8 Å². The highest BCUT2D eigenvalue weighted by molar-refractivity contribution is 6.20. The second-order valence-electron chi connectivity index (χ2n) is 6.43. The van der Waals surface area contributed by atoms with E-state index in [1.54, 1.807) is 48.3 Å². The number of fused-ring (bicyclic) bond motifs is 1. The molecular weight excluding hydrogens is 359 g/mol. The van der Waals surface area contributed by atoms with Crippen molar-refractivity contribution < 1.29 is 14.0 Å². The molecule has 0 radical (unpaired) electrons. The number of carbonyl (C=O) groups is 2. The zero-order valence-electron chi connectivity index (χ0n) is 16.2. The number of aliphatic imine (C=N–C) groups is 1. The van der Waals surface area contributed by atoms with Crippen molar-refractivity contribution in [2.24, 2.45) is 4.99 Å². The molecule has 3 rings (SSSR count). The maximum atomic E-state index is 14.4. The van der Waals surface area contributed by atoms with Crippen LogP contribution in [0.15, 0.2) is 47.5 Å². The van der Waals surface area contributed by atoms with E-state index in [1.165, 1.54) is 11.0 Å². The molecule has 0 bridgehead atoms. The molecule has 0 spiro atoms. The molecule has 0 unspecified atom stereocenters. The van der Waals surface area contributed by atoms with Crippen molar-refractivity contribution in [1.29, 1.82) is 0 Å². The van der Waals surface area contributed by atoms with Gasteiger partial charge in [0.1, 0.15) is 12.4 Å². The number of anilines is 2. The van der Waals surface area contributed by atoms with Crippen LogP contribution in [0.25, 0.3) is 0 Å². The Hall–Kier alpha value is -3.22. The summed E-state index contributed by atoms with van der Waals surface area (Å²) >= 11 is 0. The summed E-state index contributed by atoms with van der Waals surface area (Å²) in [4.78, 5) is 32.2. The Kier molecular flexibility index (Phi) is 5.73. The quantitative estimate of drug-likeness (QED) is 0.879. The van der Waals surface area contributed by atoms with Gasteiger partial charge in [-0.3, -0.25) is 9.79 Å². The van der Waals surface area contributed by atoms with Gasteiger partial charge in [-0.25, -0.2) is 9.18 Å². The number of carbonyl (C=O) groups excluding carboxylic acids is 2. The second kappa shape index (κ2) is 8.21. The highest BCUT2D eigenvalue weighted by Gasteiger charge is 2.24. The van der Waals surface area contributed by atoms with E-state index in [0.29, 0.717) is 41.3 Å². The van der Waals surface area contributed by atoms with Gasteiger partial charge in [-0.15, -0.1) is 0 Å². The molecule has 2 aromatic carbocycles. The summed E-state index contributed by atoms with van der Waals surface area (Å²) in [5.41, 5.74) is 2.48. The van der Waals surface area contributed by atoms with Gasteiger partial charge in [0.2, 0.25) is 5.91 Å². The second-order valence-corrected chi connectivity index (χ2v) is 6.43. The fourth-order valence-electron chi connectivity index (χ4n) is 3.17. The number of benzene rings is 2. The normalized spacial score (nSPS) is 13.5. The molecule has 3 amide bonds. The van der Waals surface area contributed by atoms with Crippen LogP contribution < -0.4 is 10.2 Å². The molecule has 0 atom stereocenters. The summed E-state index contributed by atoms with van der Waals surface area (Å²) < 4.78 is 14.4. The third-order valence-corrected chi connectivity index (χ3v) is 4.79. The highest BCUT2D eigenvalue weighted by Crippen LogP contribution is 2.29. The van der Waals surface area contributed by atoms with Gasteiger partial charge in [0, 0.05) is 37.0 Å². The molecular formula is C21H23FN4O2. The largest absolute Gasteiger partial charge is 0.325 e. The Bertz CT molecular complexity index is 938. The minimum absolute atomic E-state index is 0.0734. The lowest BCUT2D eigenvalue weighted by Gasteiger charge is -2.21. The van der Waals surface area contributed by atoms with E-state index in [0.717, 1.165) is 0 Å². The molecule has 0 saturated heterocycles. The van der Waals surface area contributed by atoms with Crippen molar-refractivity contribution in [2.75, 3.05) is 36.9 Å². The number of nitrogens with one attached hydrogen (secondary N) is 1. The third kappa shape index (κ3) is 3.74. The summed E-state index contributed by atoms with van der Waals surface area (Å²) in [6.07, 6.45) is 0. The van der Waals surface area contributed by atoms with Crippen molar-refractivity contribution >= 4 is 29.0 Å². The number of halogens is 1. The zero-order chi connectivity index (χ0) is 20.3. The number of urea groups is 1. The molecule has 0 fully saturated rings. The molecule has 2 aromatic rings. The maximum absolute atomic E-state index is 14.4. The van der Waals surface area contributed by atoms with Crippen LogP contribution in [0, 0.1) is 5.82 Å². The SMILES string of the molecule is CCN(CC)C(=O)Nc1ccc2c(c1)C(c1ccccc1F)=NCC(=O)N2C. The van der Waals surface area contributed by atoms with Gasteiger partial charge >= 0.3 is 6.03 Å². The predicted molar refractivity (Wildman–Crippen MR) is 109 cm³/mol. The minimum Gasteiger partial charge on any atom is -0.325 e. The molecule has 7 heteroatoms. The standard InChI is InChI=1S/C21H23FN4O2/c1-4-26(5-2)21(28)24-14-10-11-18-16(12-14)20(23-13-19(27)25(18)3)15-8-6-7-9-17(15)22/h6-12H,4-5,13H2,1-3H3,(H,24,28). The molecule has 146 valence electrons. The van der Waals surface area contributed by atoms with Crippen LogP contribution in [0.1, 0.15) is 25.0 Å². The highest BCUT2D eigenvalue weighted by atomic mass is 19.1. The van der Waals surface area contributed by atoms with E-state index in [9.17, 15) is 14.0 Å². The molecule has 0 aromatic heterocycles. The summed E-state index contributed by atoms with van der Waals surface area (Å²) in [5.74, 6) is -0.603. The average Bonchev–Trinajstić information content (AvgIpc) is 2.80. The molecule has 28 heavy (non-hydrogen) atoms. The van der Waals surface area contributed by atoms with Gasteiger partial charge in [0.15, 0.2) is 0 Å². The first kappa shape index (κ1) is 19.5. The fraction of sp³-hybridized carbons (Fsp3) is 0.286. The van der Waals surface area contributed by atoms with Crippen molar-refractivity contribution in [2.45, 2.75) is 13.8 Å². The lowest BCUT2D eigenvalue weighted by molar-refractivity contribution is -0.116. The molecule has 1 heterocycles. The molecule has 1 N–H and O–H groups in total. The monoisotopic (exact) mass is 382 g/mol. The van der Waals surface area contributed by atoms with Crippen molar-refractivity contribution in [3.05, 3.63) is 59.4 Å². The van der Waals surface area contributed by atoms with E-state index >= 15 is 0 Å². The molecule has 1 aliphatic heterocycles. The Labute approximate surface area is 163 Å². The van der Waals surface area contributed by atoms with E-state index in [-0.39, 0.29) is 18.5 Å². The van der Waals surface area contributed by atoms with Crippen molar-refractivity contribution in [1.82, 2.24) is 4.90 Å². The average molecular weight is 382 g/mol. The summed E-state index contributed by atoms with van der Waals surface area (Å²) in [7, 11) is 1.66. The first-order valence-electron chi connectivity index (χ1n) is 9.22. The van der Waals surface area contributed by atoms with Gasteiger partial charge in [-0.1, -0.05) is 12.1 Å². The van der Waals surface area contributed by atoms with Gasteiger partial charge in [0.05, 0.1) is 11.4 Å². The summed E-state index contributed by atoms with van der Waals surface area (Å²) in [5, 5.41) is 2.86. The number of hydrogen-bond donors (Lipinski definition) is 1. The first-order chi connectivity index (χ1) is 13.5. The van der Waals surface area contributed by atoms with Crippen LogP contribution in [0.3, 0.4) is 0 Å². The van der Waals surface area contributed by atoms with E-state index < -0.39 is 5.82 Å². The third-order valence-electron chi connectivity index (χ3n) is 4.79. The van der Waals surface area contributed by atoms with Crippen LogP contribution >= 0.6 is 0 Å². The van der Waals surface area contributed by atoms with Crippen LogP contribution in [0.2, 0.25) is 0 Å². The lowest BCUT2D eigenvalue weighted by Crippen LogP contribution is -2.34. The van der Waals surface area contributed by atoms with Crippen molar-refractivity contribution in [3.63, 3.8) is 0 Å².